The van der Waals surface area contributed by atoms with Crippen LogP contribution in [0.4, 0.5) is 0 Å². The topological polar surface area (TPSA) is 15.7 Å². The molecule has 0 aliphatic rings. The summed E-state index contributed by atoms with van der Waals surface area (Å²) in [7, 11) is 0.626. The van der Waals surface area contributed by atoms with Gasteiger partial charge in [-0.3, -0.25) is 9.34 Å². The van der Waals surface area contributed by atoms with Crippen molar-refractivity contribution < 1.29 is 4.52 Å². The molecule has 0 aliphatic heterocycles. The van der Waals surface area contributed by atoms with Gasteiger partial charge in [-0.25, -0.2) is 0 Å². The van der Waals surface area contributed by atoms with E-state index in [0.29, 0.717) is 0 Å². The Morgan fingerprint density at radius 2 is 1.23 bits per heavy atom. The standard InChI is InChI=1S/C9H15N2OP/c1-6-10(7-2)13(12-5)11(8-3)9-4/h6-9H,1-4H2,5H3. The third-order valence-electron chi connectivity index (χ3n) is 1.31. The van der Waals surface area contributed by atoms with Crippen LogP contribution < -0.4 is 0 Å². The number of rotatable bonds is 7. The highest BCUT2D eigenvalue weighted by atomic mass is 31.2. The molecule has 0 amide bonds. The SMILES string of the molecule is C=CN(C=C)P(OC)N(C=C)C=C. The monoisotopic (exact) mass is 198 g/mol. The summed E-state index contributed by atoms with van der Waals surface area (Å²) in [4.78, 5) is 0. The molecule has 0 rings (SSSR count). The molecule has 0 aromatic carbocycles. The molecule has 0 radical (unpaired) electrons. The normalized spacial score (nSPS) is 9.08. The van der Waals surface area contributed by atoms with Gasteiger partial charge in [0.15, 0.2) is 0 Å². The molecule has 0 aromatic heterocycles. The molecule has 3 nitrogen and oxygen atoms in total. The first-order chi connectivity index (χ1) is 6.24. The Morgan fingerprint density at radius 1 is 0.923 bits per heavy atom. The average Bonchev–Trinajstić information content (AvgIpc) is 2.18. The first-order valence-electron chi connectivity index (χ1n) is 3.66. The lowest BCUT2D eigenvalue weighted by Crippen LogP contribution is -2.13. The molecule has 0 heterocycles. The lowest BCUT2D eigenvalue weighted by atomic mass is 10.9. The van der Waals surface area contributed by atoms with Crippen molar-refractivity contribution in [3.8, 4) is 0 Å². The lowest BCUT2D eigenvalue weighted by Gasteiger charge is -2.30. The van der Waals surface area contributed by atoms with Crippen LogP contribution in [0.25, 0.3) is 0 Å². The van der Waals surface area contributed by atoms with E-state index < -0.39 is 8.45 Å². The Kier molecular flexibility index (Phi) is 5.94. The van der Waals surface area contributed by atoms with Crippen molar-refractivity contribution in [3.63, 3.8) is 0 Å². The van der Waals surface area contributed by atoms with E-state index >= 15 is 0 Å². The fourth-order valence-electron chi connectivity index (χ4n) is 0.736. The maximum absolute atomic E-state index is 5.27. The van der Waals surface area contributed by atoms with Gasteiger partial charge >= 0.3 is 0 Å². The molecule has 13 heavy (non-hydrogen) atoms. The van der Waals surface area contributed by atoms with E-state index in [9.17, 15) is 0 Å². The summed E-state index contributed by atoms with van der Waals surface area (Å²) in [5, 5.41) is 0. The van der Waals surface area contributed by atoms with E-state index in [2.05, 4.69) is 26.3 Å². The highest BCUT2D eigenvalue weighted by Gasteiger charge is 2.17. The Balaban J connectivity index is 4.61. The fraction of sp³-hybridized carbons (Fsp3) is 0.111. The maximum Gasteiger partial charge on any atom is 0.255 e. The van der Waals surface area contributed by atoms with Crippen molar-refractivity contribution >= 4 is 8.45 Å². The van der Waals surface area contributed by atoms with Crippen molar-refractivity contribution in [1.29, 1.82) is 0 Å². The van der Waals surface area contributed by atoms with E-state index in [1.165, 1.54) is 0 Å². The highest BCUT2D eigenvalue weighted by molar-refractivity contribution is 7.47. The van der Waals surface area contributed by atoms with Crippen LogP contribution in [0.3, 0.4) is 0 Å². The minimum Gasteiger partial charge on any atom is -0.326 e. The molecule has 0 atom stereocenters. The van der Waals surface area contributed by atoms with Crippen LogP contribution in [0, 0.1) is 0 Å². The van der Waals surface area contributed by atoms with Crippen molar-refractivity contribution in [2.45, 2.75) is 0 Å². The van der Waals surface area contributed by atoms with Gasteiger partial charge in [-0.15, -0.1) is 0 Å². The first kappa shape index (κ1) is 11.9. The predicted octanol–water partition coefficient (Wildman–Crippen LogP) is 3.04. The average molecular weight is 198 g/mol. The summed E-state index contributed by atoms with van der Waals surface area (Å²) in [5.74, 6) is 0. The molecule has 0 saturated carbocycles. The zero-order chi connectivity index (χ0) is 10.3. The van der Waals surface area contributed by atoms with Crippen molar-refractivity contribution in [2.75, 3.05) is 7.11 Å². The predicted molar refractivity (Wildman–Crippen MR) is 58.4 cm³/mol. The number of nitrogens with zero attached hydrogens (tertiary/aromatic N) is 2. The Hall–Kier alpha value is -1.05. The third kappa shape index (κ3) is 3.05. The molecule has 0 saturated heterocycles. The molecule has 0 fully saturated rings. The molecule has 0 bridgehead atoms. The quantitative estimate of drug-likeness (QED) is 0.585. The molecule has 0 spiro atoms. The van der Waals surface area contributed by atoms with Gasteiger partial charge in [-0.1, -0.05) is 26.3 Å². The van der Waals surface area contributed by atoms with Gasteiger partial charge in [-0.05, 0) is 0 Å². The molecule has 4 heteroatoms. The van der Waals surface area contributed by atoms with Gasteiger partial charge in [0.25, 0.3) is 8.45 Å². The minimum atomic E-state index is -0.991. The maximum atomic E-state index is 5.27. The minimum absolute atomic E-state index is 0.991. The smallest absolute Gasteiger partial charge is 0.255 e. The van der Waals surface area contributed by atoms with Crippen molar-refractivity contribution in [3.05, 3.63) is 51.1 Å². The van der Waals surface area contributed by atoms with E-state index in [-0.39, 0.29) is 0 Å². The zero-order valence-electron chi connectivity index (χ0n) is 7.89. The van der Waals surface area contributed by atoms with Gasteiger partial charge in [0.05, 0.1) is 0 Å². The summed E-state index contributed by atoms with van der Waals surface area (Å²) in [6, 6.07) is 0. The van der Waals surface area contributed by atoms with Gasteiger partial charge in [0.1, 0.15) is 0 Å². The molecule has 72 valence electrons. The molecular formula is C9H15N2OP. The van der Waals surface area contributed by atoms with E-state index in [1.807, 2.05) is 0 Å². The molecule has 0 N–H and O–H groups in total. The Morgan fingerprint density at radius 3 is 1.38 bits per heavy atom. The second kappa shape index (κ2) is 6.46. The van der Waals surface area contributed by atoms with Gasteiger partial charge in [0, 0.05) is 31.9 Å². The molecular weight excluding hydrogens is 183 g/mol. The van der Waals surface area contributed by atoms with Gasteiger partial charge in [0.2, 0.25) is 0 Å². The fourth-order valence-corrected chi connectivity index (χ4v) is 1.91. The highest BCUT2D eigenvalue weighted by Crippen LogP contribution is 2.45. The largest absolute Gasteiger partial charge is 0.326 e. The Bertz CT molecular complexity index is 170. The van der Waals surface area contributed by atoms with Crippen LogP contribution in [0.2, 0.25) is 0 Å². The Labute approximate surface area is 81.2 Å². The van der Waals surface area contributed by atoms with E-state index in [1.54, 1.807) is 41.3 Å². The van der Waals surface area contributed by atoms with Crippen molar-refractivity contribution in [1.82, 2.24) is 9.34 Å². The number of hydrogen-bond acceptors (Lipinski definition) is 3. The van der Waals surface area contributed by atoms with Gasteiger partial charge < -0.3 is 4.52 Å². The number of hydrogen-bond donors (Lipinski definition) is 0. The van der Waals surface area contributed by atoms with Gasteiger partial charge in [-0.2, -0.15) is 0 Å². The van der Waals surface area contributed by atoms with E-state index in [4.69, 9.17) is 4.52 Å². The zero-order valence-corrected chi connectivity index (χ0v) is 8.78. The van der Waals surface area contributed by atoms with Crippen LogP contribution in [-0.4, -0.2) is 16.5 Å². The lowest BCUT2D eigenvalue weighted by molar-refractivity contribution is 0.403. The second-order valence-electron chi connectivity index (χ2n) is 1.93. The van der Waals surface area contributed by atoms with Crippen molar-refractivity contribution in [2.24, 2.45) is 0 Å². The van der Waals surface area contributed by atoms with Crippen LogP contribution >= 0.6 is 8.45 Å². The molecule has 0 aliphatic carbocycles. The summed E-state index contributed by atoms with van der Waals surface area (Å²) in [5.41, 5.74) is 0. The summed E-state index contributed by atoms with van der Waals surface area (Å²) in [6.45, 7) is 14.6. The third-order valence-corrected chi connectivity index (χ3v) is 3.08. The van der Waals surface area contributed by atoms with E-state index in [0.717, 1.165) is 0 Å². The molecule has 0 aromatic rings. The van der Waals surface area contributed by atoms with Crippen LogP contribution in [0.15, 0.2) is 51.1 Å². The second-order valence-corrected chi connectivity index (χ2v) is 3.72. The summed E-state index contributed by atoms with van der Waals surface area (Å²) < 4.78 is 8.80. The summed E-state index contributed by atoms with van der Waals surface area (Å²) in [6.07, 6.45) is 6.56. The molecule has 0 unspecified atom stereocenters. The first-order valence-corrected chi connectivity index (χ1v) is 4.82. The summed E-state index contributed by atoms with van der Waals surface area (Å²) >= 11 is 0. The van der Waals surface area contributed by atoms with Crippen LogP contribution in [0.1, 0.15) is 0 Å². The van der Waals surface area contributed by atoms with Crippen LogP contribution in [0.5, 0.6) is 0 Å². The van der Waals surface area contributed by atoms with Crippen LogP contribution in [-0.2, 0) is 4.52 Å².